The summed E-state index contributed by atoms with van der Waals surface area (Å²) in [6, 6.07) is 16.9. The maximum absolute atomic E-state index is 13.0. The van der Waals surface area contributed by atoms with Crippen molar-refractivity contribution in [2.24, 2.45) is 5.10 Å². The number of aryl methyl sites for hydroxylation is 1. The summed E-state index contributed by atoms with van der Waals surface area (Å²) in [6.07, 6.45) is 1.59. The number of rotatable bonds is 6. The van der Waals surface area contributed by atoms with E-state index in [1.165, 1.54) is 4.68 Å². The number of aromatic nitrogens is 2. The molecule has 0 fully saturated rings. The lowest BCUT2D eigenvalue weighted by atomic mass is 10.2. The fourth-order valence-electron chi connectivity index (χ4n) is 3.18. The molecule has 0 radical (unpaired) electrons. The third-order valence-electron chi connectivity index (χ3n) is 4.87. The van der Waals surface area contributed by atoms with Crippen molar-refractivity contribution in [2.45, 2.75) is 13.5 Å². The molecule has 0 unspecified atom stereocenters. The molecule has 4 aromatic rings. The lowest BCUT2D eigenvalue weighted by Gasteiger charge is -2.13. The zero-order valence-electron chi connectivity index (χ0n) is 17.7. The van der Waals surface area contributed by atoms with Crippen molar-refractivity contribution in [2.75, 3.05) is 7.11 Å². The van der Waals surface area contributed by atoms with Gasteiger partial charge >= 0.3 is 0 Å². The molecule has 0 amide bonds. The molecule has 0 aliphatic heterocycles. The monoisotopic (exact) mass is 633 g/mol. The lowest BCUT2D eigenvalue weighted by molar-refractivity contribution is 0.284. The Morgan fingerprint density at radius 1 is 1.00 bits per heavy atom. The Kier molecular flexibility index (Phi) is 7.31. The summed E-state index contributed by atoms with van der Waals surface area (Å²) < 4.78 is 15.3. The first kappa shape index (κ1) is 23.7. The van der Waals surface area contributed by atoms with Crippen molar-refractivity contribution in [3.05, 3.63) is 95.3 Å². The topological polar surface area (TPSA) is 65.7 Å². The van der Waals surface area contributed by atoms with E-state index in [-0.39, 0.29) is 5.56 Å². The van der Waals surface area contributed by atoms with Gasteiger partial charge in [0.05, 0.1) is 24.2 Å². The molecule has 1 aromatic heterocycles. The van der Waals surface area contributed by atoms with Gasteiger partial charge in [0.1, 0.15) is 12.4 Å². The van der Waals surface area contributed by atoms with Crippen LogP contribution < -0.4 is 15.0 Å². The number of hydrogen-bond donors (Lipinski definition) is 0. The van der Waals surface area contributed by atoms with E-state index in [9.17, 15) is 4.79 Å². The number of nitrogens with zero attached hydrogens (tertiary/aromatic N) is 3. The molecular formula is C24H18Br3N3O3. The molecule has 1 heterocycles. The van der Waals surface area contributed by atoms with Crippen molar-refractivity contribution in [1.29, 1.82) is 0 Å². The molecule has 0 aliphatic rings. The molecule has 33 heavy (non-hydrogen) atoms. The zero-order chi connectivity index (χ0) is 23.5. The van der Waals surface area contributed by atoms with Crippen molar-refractivity contribution >= 4 is 64.9 Å². The molecule has 0 spiro atoms. The fraction of sp³-hybridized carbons (Fsp3) is 0.125. The number of hydrogen-bond acceptors (Lipinski definition) is 5. The van der Waals surface area contributed by atoms with Gasteiger partial charge < -0.3 is 9.47 Å². The van der Waals surface area contributed by atoms with E-state index in [1.807, 2.05) is 36.4 Å². The number of benzene rings is 3. The molecule has 3 aromatic carbocycles. The third kappa shape index (κ3) is 5.37. The van der Waals surface area contributed by atoms with E-state index in [0.717, 1.165) is 24.5 Å². The van der Waals surface area contributed by atoms with Crippen LogP contribution >= 0.6 is 47.8 Å². The molecule has 0 bridgehead atoms. The van der Waals surface area contributed by atoms with E-state index in [2.05, 4.69) is 57.9 Å². The van der Waals surface area contributed by atoms with Gasteiger partial charge in [-0.1, -0.05) is 44.0 Å². The molecule has 0 atom stereocenters. The van der Waals surface area contributed by atoms with Gasteiger partial charge in [0.2, 0.25) is 0 Å². The van der Waals surface area contributed by atoms with E-state index in [4.69, 9.17) is 9.47 Å². The van der Waals surface area contributed by atoms with Gasteiger partial charge in [-0.3, -0.25) is 4.79 Å². The minimum Gasteiger partial charge on any atom is -0.493 e. The van der Waals surface area contributed by atoms with Crippen LogP contribution in [0.3, 0.4) is 0 Å². The minimum atomic E-state index is -0.243. The average Bonchev–Trinajstić information content (AvgIpc) is 2.80. The van der Waals surface area contributed by atoms with E-state index in [0.29, 0.717) is 34.8 Å². The summed E-state index contributed by atoms with van der Waals surface area (Å²) in [7, 11) is 1.58. The SMILES string of the molecule is COc1cc(C=Nn2c(C)nc3ccc(Br)cc3c2=O)c(Br)cc1OCc1ccc(Br)cc1. The number of ether oxygens (including phenoxy) is 2. The van der Waals surface area contributed by atoms with Gasteiger partial charge in [0.15, 0.2) is 11.5 Å². The van der Waals surface area contributed by atoms with Crippen molar-refractivity contribution < 1.29 is 9.47 Å². The maximum atomic E-state index is 13.0. The van der Waals surface area contributed by atoms with Crippen LogP contribution in [0.4, 0.5) is 0 Å². The third-order valence-corrected chi connectivity index (χ3v) is 6.58. The molecule has 6 nitrogen and oxygen atoms in total. The van der Waals surface area contributed by atoms with Gasteiger partial charge in [-0.05, 0) is 70.9 Å². The second-order valence-corrected chi connectivity index (χ2v) is 9.81. The van der Waals surface area contributed by atoms with Gasteiger partial charge in [-0.15, -0.1) is 0 Å². The van der Waals surface area contributed by atoms with Crippen LogP contribution in [0.2, 0.25) is 0 Å². The molecule has 0 aliphatic carbocycles. The second kappa shape index (κ2) is 10.2. The highest BCUT2D eigenvalue weighted by molar-refractivity contribution is 9.11. The summed E-state index contributed by atoms with van der Waals surface area (Å²) in [5.74, 6) is 1.64. The van der Waals surface area contributed by atoms with Crippen molar-refractivity contribution in [3.63, 3.8) is 0 Å². The molecule has 4 rings (SSSR count). The van der Waals surface area contributed by atoms with Crippen LogP contribution in [0.1, 0.15) is 17.0 Å². The van der Waals surface area contributed by atoms with Crippen LogP contribution in [0.15, 0.2) is 77.9 Å². The van der Waals surface area contributed by atoms with Crippen LogP contribution in [0, 0.1) is 6.92 Å². The van der Waals surface area contributed by atoms with Crippen LogP contribution in [0.5, 0.6) is 11.5 Å². The Bertz CT molecular complexity index is 1420. The predicted molar refractivity (Wildman–Crippen MR) is 141 cm³/mol. The predicted octanol–water partition coefficient (Wildman–Crippen LogP) is 6.46. The fourth-order valence-corrected chi connectivity index (χ4v) is 4.23. The Balaban J connectivity index is 1.63. The van der Waals surface area contributed by atoms with Crippen LogP contribution in [-0.4, -0.2) is 23.0 Å². The Hall–Kier alpha value is -2.49. The normalized spacial score (nSPS) is 11.3. The van der Waals surface area contributed by atoms with Gasteiger partial charge in [-0.2, -0.15) is 9.78 Å². The molecule has 0 saturated carbocycles. The molecular weight excluding hydrogens is 618 g/mol. The zero-order valence-corrected chi connectivity index (χ0v) is 22.4. The first-order valence-corrected chi connectivity index (χ1v) is 12.2. The molecule has 0 N–H and O–H groups in total. The van der Waals surface area contributed by atoms with E-state index >= 15 is 0 Å². The van der Waals surface area contributed by atoms with E-state index in [1.54, 1.807) is 38.4 Å². The van der Waals surface area contributed by atoms with Crippen LogP contribution in [0.25, 0.3) is 10.9 Å². The summed E-state index contributed by atoms with van der Waals surface area (Å²) >= 11 is 10.4. The van der Waals surface area contributed by atoms with Gasteiger partial charge in [-0.25, -0.2) is 4.98 Å². The quantitative estimate of drug-likeness (QED) is 0.228. The average molecular weight is 636 g/mol. The lowest BCUT2D eigenvalue weighted by Crippen LogP contribution is -2.20. The second-order valence-electron chi connectivity index (χ2n) is 7.12. The number of halogens is 3. The van der Waals surface area contributed by atoms with Crippen LogP contribution in [-0.2, 0) is 6.61 Å². The molecule has 0 saturated heterocycles. The summed E-state index contributed by atoms with van der Waals surface area (Å²) in [4.78, 5) is 17.4. The molecule has 9 heteroatoms. The smallest absolute Gasteiger partial charge is 0.282 e. The summed E-state index contributed by atoms with van der Waals surface area (Å²) in [5, 5.41) is 4.88. The Morgan fingerprint density at radius 2 is 1.73 bits per heavy atom. The standard InChI is InChI=1S/C24H18Br3N3O3/c1-14-29-21-8-7-18(26)10-19(21)24(31)30(14)28-12-16-9-22(32-2)23(11-20(16)27)33-13-15-3-5-17(25)6-4-15/h3-12H,13H2,1-2H3. The maximum Gasteiger partial charge on any atom is 0.282 e. The highest BCUT2D eigenvalue weighted by Gasteiger charge is 2.11. The first-order chi connectivity index (χ1) is 15.9. The highest BCUT2D eigenvalue weighted by atomic mass is 79.9. The Labute approximate surface area is 215 Å². The Morgan fingerprint density at radius 3 is 2.45 bits per heavy atom. The largest absolute Gasteiger partial charge is 0.493 e. The van der Waals surface area contributed by atoms with Crippen molar-refractivity contribution in [3.8, 4) is 11.5 Å². The first-order valence-electron chi connectivity index (χ1n) is 9.84. The number of methoxy groups -OCH3 is 1. The summed E-state index contributed by atoms with van der Waals surface area (Å²) in [5.41, 5.74) is 2.14. The highest BCUT2D eigenvalue weighted by Crippen LogP contribution is 2.33. The summed E-state index contributed by atoms with van der Waals surface area (Å²) in [6.45, 7) is 2.14. The van der Waals surface area contributed by atoms with Crippen molar-refractivity contribution in [1.82, 2.24) is 9.66 Å². The van der Waals surface area contributed by atoms with Gasteiger partial charge in [0.25, 0.3) is 5.56 Å². The minimum absolute atomic E-state index is 0.243. The molecule has 168 valence electrons. The van der Waals surface area contributed by atoms with E-state index < -0.39 is 0 Å². The van der Waals surface area contributed by atoms with Gasteiger partial charge in [0, 0.05) is 19.0 Å². The number of fused-ring (bicyclic) bond motifs is 1.